The zero-order valence-electron chi connectivity index (χ0n) is 14.4. The van der Waals surface area contributed by atoms with Gasteiger partial charge in [0.25, 0.3) is 5.91 Å². The van der Waals surface area contributed by atoms with Crippen molar-refractivity contribution in [1.82, 2.24) is 4.98 Å². The number of nitrogens with zero attached hydrogens (tertiary/aromatic N) is 2. The Morgan fingerprint density at radius 3 is 2.69 bits per heavy atom. The molecule has 5 nitrogen and oxygen atoms in total. The number of para-hydroxylation sites is 2. The number of hydrogen-bond donors (Lipinski definition) is 2. The number of amides is 1. The van der Waals surface area contributed by atoms with Gasteiger partial charge in [-0.1, -0.05) is 24.3 Å². The van der Waals surface area contributed by atoms with Crippen molar-refractivity contribution in [3.63, 3.8) is 0 Å². The maximum absolute atomic E-state index is 12.9. The van der Waals surface area contributed by atoms with Crippen LogP contribution in [0.4, 0.5) is 11.4 Å². The van der Waals surface area contributed by atoms with Crippen LogP contribution in [0.15, 0.2) is 60.8 Å². The van der Waals surface area contributed by atoms with E-state index in [0.717, 1.165) is 48.2 Å². The molecule has 1 aromatic heterocycles. The van der Waals surface area contributed by atoms with E-state index in [1.54, 1.807) is 6.20 Å². The van der Waals surface area contributed by atoms with Crippen LogP contribution in [0.2, 0.25) is 0 Å². The third kappa shape index (κ3) is 3.26. The fraction of sp³-hybridized carbons (Fsp3) is 0.238. The maximum atomic E-state index is 12.9. The number of piperidine rings is 1. The van der Waals surface area contributed by atoms with Crippen LogP contribution in [0, 0.1) is 0 Å². The minimum absolute atomic E-state index is 0.145. The highest BCUT2D eigenvalue weighted by atomic mass is 16.3. The predicted octanol–water partition coefficient (Wildman–Crippen LogP) is 3.45. The van der Waals surface area contributed by atoms with Gasteiger partial charge in [0.15, 0.2) is 0 Å². The lowest BCUT2D eigenvalue weighted by Gasteiger charge is -2.32. The Hall–Kier alpha value is -2.92. The van der Waals surface area contributed by atoms with E-state index >= 15 is 0 Å². The highest BCUT2D eigenvalue weighted by Gasteiger charge is 2.20. The first-order valence-corrected chi connectivity index (χ1v) is 8.89. The van der Waals surface area contributed by atoms with Crippen molar-refractivity contribution in [3.05, 3.63) is 66.4 Å². The first kappa shape index (κ1) is 16.5. The molecule has 2 N–H and O–H groups in total. The van der Waals surface area contributed by atoms with Crippen molar-refractivity contribution in [2.75, 3.05) is 23.3 Å². The molecule has 5 heteroatoms. The lowest BCUT2D eigenvalue weighted by Crippen LogP contribution is -2.36. The molecule has 0 unspecified atom stereocenters. The summed E-state index contributed by atoms with van der Waals surface area (Å²) in [4.78, 5) is 19.5. The van der Waals surface area contributed by atoms with E-state index in [1.807, 2.05) is 54.6 Å². The van der Waals surface area contributed by atoms with Crippen molar-refractivity contribution in [1.29, 1.82) is 0 Å². The van der Waals surface area contributed by atoms with Gasteiger partial charge in [0.05, 0.1) is 23.0 Å². The van der Waals surface area contributed by atoms with E-state index in [-0.39, 0.29) is 12.0 Å². The quantitative estimate of drug-likeness (QED) is 0.762. The third-order valence-corrected chi connectivity index (χ3v) is 4.85. The highest BCUT2D eigenvalue weighted by Crippen LogP contribution is 2.29. The molecule has 1 fully saturated rings. The number of hydrogen-bond acceptors (Lipinski definition) is 4. The Morgan fingerprint density at radius 1 is 1.04 bits per heavy atom. The monoisotopic (exact) mass is 347 g/mol. The number of benzene rings is 2. The molecular formula is C21H21N3O2. The van der Waals surface area contributed by atoms with E-state index in [4.69, 9.17) is 0 Å². The highest BCUT2D eigenvalue weighted by molar-refractivity contribution is 6.13. The van der Waals surface area contributed by atoms with Crippen LogP contribution in [0.25, 0.3) is 10.9 Å². The van der Waals surface area contributed by atoms with E-state index < -0.39 is 0 Å². The standard InChI is InChI=1S/C21H21N3O2/c25-15-10-13-24(14-11-15)20-9-2-1-7-19(20)23-21(26)17-5-3-8-18-16(17)6-4-12-22-18/h1-9,12,15,25H,10-11,13-14H2,(H,23,26). The number of anilines is 2. The van der Waals surface area contributed by atoms with E-state index in [1.165, 1.54) is 0 Å². The third-order valence-electron chi connectivity index (χ3n) is 4.85. The molecular weight excluding hydrogens is 326 g/mol. The summed E-state index contributed by atoms with van der Waals surface area (Å²) in [6, 6.07) is 17.1. The van der Waals surface area contributed by atoms with Gasteiger partial charge in [0.1, 0.15) is 0 Å². The molecule has 0 saturated carbocycles. The van der Waals surface area contributed by atoms with Gasteiger partial charge in [-0.25, -0.2) is 0 Å². The van der Waals surface area contributed by atoms with Gasteiger partial charge >= 0.3 is 0 Å². The number of carbonyl (C=O) groups is 1. The summed E-state index contributed by atoms with van der Waals surface area (Å²) >= 11 is 0. The smallest absolute Gasteiger partial charge is 0.256 e. The largest absolute Gasteiger partial charge is 0.393 e. The normalized spacial score (nSPS) is 15.2. The number of rotatable bonds is 3. The fourth-order valence-electron chi connectivity index (χ4n) is 3.45. The lowest BCUT2D eigenvalue weighted by atomic mass is 10.1. The van der Waals surface area contributed by atoms with Gasteiger partial charge in [-0.2, -0.15) is 0 Å². The Kier molecular flexibility index (Phi) is 4.54. The van der Waals surface area contributed by atoms with Crippen molar-refractivity contribution in [2.45, 2.75) is 18.9 Å². The average Bonchev–Trinajstić information content (AvgIpc) is 2.68. The maximum Gasteiger partial charge on any atom is 0.256 e. The van der Waals surface area contributed by atoms with Crippen molar-refractivity contribution in [3.8, 4) is 0 Å². The summed E-state index contributed by atoms with van der Waals surface area (Å²) in [6.07, 6.45) is 3.00. The Morgan fingerprint density at radius 2 is 1.85 bits per heavy atom. The van der Waals surface area contributed by atoms with Crippen molar-refractivity contribution >= 4 is 28.2 Å². The van der Waals surface area contributed by atoms with Gasteiger partial charge in [0.2, 0.25) is 0 Å². The Bertz CT molecular complexity index is 928. The van der Waals surface area contributed by atoms with E-state index in [2.05, 4.69) is 15.2 Å². The van der Waals surface area contributed by atoms with E-state index in [0.29, 0.717) is 5.56 Å². The van der Waals surface area contributed by atoms with Crippen LogP contribution in [0.3, 0.4) is 0 Å². The Balaban J connectivity index is 1.62. The molecule has 2 aromatic carbocycles. The molecule has 0 atom stereocenters. The molecule has 1 saturated heterocycles. The van der Waals surface area contributed by atoms with Gasteiger partial charge in [-0.3, -0.25) is 9.78 Å². The molecule has 26 heavy (non-hydrogen) atoms. The molecule has 0 bridgehead atoms. The predicted molar refractivity (Wildman–Crippen MR) is 104 cm³/mol. The van der Waals surface area contributed by atoms with Crippen LogP contribution >= 0.6 is 0 Å². The van der Waals surface area contributed by atoms with Crippen molar-refractivity contribution in [2.24, 2.45) is 0 Å². The number of nitrogens with one attached hydrogen (secondary N) is 1. The van der Waals surface area contributed by atoms with Crippen LogP contribution in [-0.2, 0) is 0 Å². The van der Waals surface area contributed by atoms with Gasteiger partial charge in [-0.15, -0.1) is 0 Å². The zero-order chi connectivity index (χ0) is 17.9. The number of fused-ring (bicyclic) bond motifs is 1. The van der Waals surface area contributed by atoms with Crippen LogP contribution in [0.5, 0.6) is 0 Å². The molecule has 3 aromatic rings. The zero-order valence-corrected chi connectivity index (χ0v) is 14.4. The summed E-state index contributed by atoms with van der Waals surface area (Å²) in [5.41, 5.74) is 3.19. The lowest BCUT2D eigenvalue weighted by molar-refractivity contribution is 0.102. The number of aliphatic hydroxyl groups is 1. The van der Waals surface area contributed by atoms with Gasteiger partial charge < -0.3 is 15.3 Å². The first-order valence-electron chi connectivity index (χ1n) is 8.89. The number of aromatic nitrogens is 1. The minimum atomic E-state index is -0.226. The molecule has 2 heterocycles. The summed E-state index contributed by atoms with van der Waals surface area (Å²) in [7, 11) is 0. The number of pyridine rings is 1. The van der Waals surface area contributed by atoms with Crippen LogP contribution < -0.4 is 10.2 Å². The molecule has 0 aliphatic carbocycles. The molecule has 0 spiro atoms. The second kappa shape index (κ2) is 7.14. The molecule has 4 rings (SSSR count). The number of aliphatic hydroxyl groups excluding tert-OH is 1. The molecule has 0 radical (unpaired) electrons. The molecule has 1 aliphatic rings. The summed E-state index contributed by atoms with van der Waals surface area (Å²) < 4.78 is 0. The molecule has 1 aliphatic heterocycles. The summed E-state index contributed by atoms with van der Waals surface area (Å²) in [6.45, 7) is 1.57. The summed E-state index contributed by atoms with van der Waals surface area (Å²) in [5, 5.41) is 13.6. The second-order valence-electron chi connectivity index (χ2n) is 6.57. The van der Waals surface area contributed by atoms with Crippen LogP contribution in [-0.4, -0.2) is 35.2 Å². The fourth-order valence-corrected chi connectivity index (χ4v) is 3.45. The second-order valence-corrected chi connectivity index (χ2v) is 6.57. The minimum Gasteiger partial charge on any atom is -0.393 e. The van der Waals surface area contributed by atoms with Gasteiger partial charge in [-0.05, 0) is 43.2 Å². The van der Waals surface area contributed by atoms with E-state index in [9.17, 15) is 9.90 Å². The molecule has 132 valence electrons. The molecule has 1 amide bonds. The average molecular weight is 347 g/mol. The van der Waals surface area contributed by atoms with Gasteiger partial charge in [0, 0.05) is 30.2 Å². The van der Waals surface area contributed by atoms with Crippen molar-refractivity contribution < 1.29 is 9.90 Å². The topological polar surface area (TPSA) is 65.5 Å². The summed E-state index contributed by atoms with van der Waals surface area (Å²) in [5.74, 6) is -0.145. The SMILES string of the molecule is O=C(Nc1ccccc1N1CCC(O)CC1)c1cccc2ncccc12. The Labute approximate surface area is 152 Å². The first-order chi connectivity index (χ1) is 12.7. The number of carbonyl (C=O) groups excluding carboxylic acids is 1. The van der Waals surface area contributed by atoms with Crippen LogP contribution in [0.1, 0.15) is 23.2 Å².